The standard InChI is InChI=1S/C51H55F6N10O6P/c1-73-42-29-41(38(59-45(69)17-20-50(52,53)54)28-39(42)61-49-58-30-36(51(55,56)57)46(63-49)60-37-13-6-7-14-43(37)74(2,3)72)66-22-18-33(19-23-66)65-26-24-64(25-27-65)21-8-4-5-10-32-11-9-12-34-35(32)31-67(48(34)71)40-15-16-44(68)62-47(40)70/h6-7,9,11-14,17,20,28-30,33,40H,4,8,15-16,18-19,21-27,31H2,1-3H3,(H,59,69)(H,62,68,70)(H2,58,60,61,63)/b20-17+. The molecule has 5 heterocycles. The van der Waals surface area contributed by atoms with E-state index in [9.17, 15) is 50.1 Å². The number of allylic oxidation sites excluding steroid dienone is 1. The number of anilines is 6. The highest BCUT2D eigenvalue weighted by Crippen LogP contribution is 2.43. The highest BCUT2D eigenvalue weighted by atomic mass is 31.2. The molecule has 74 heavy (non-hydrogen) atoms. The summed E-state index contributed by atoms with van der Waals surface area (Å²) in [6, 6.07) is 14.1. The number of piperazine rings is 1. The van der Waals surface area contributed by atoms with E-state index in [1.165, 1.54) is 37.5 Å². The van der Waals surface area contributed by atoms with E-state index < -0.39 is 48.7 Å². The lowest BCUT2D eigenvalue weighted by Crippen LogP contribution is -2.53. The number of aromatic nitrogens is 2. The number of halogens is 6. The first-order valence-corrected chi connectivity index (χ1v) is 26.6. The molecule has 4 amide bonds. The monoisotopic (exact) mass is 1050 g/mol. The first-order chi connectivity index (χ1) is 35.1. The van der Waals surface area contributed by atoms with Crippen molar-refractivity contribution in [1.29, 1.82) is 0 Å². The maximum absolute atomic E-state index is 14.3. The molecule has 4 aliphatic rings. The van der Waals surface area contributed by atoms with E-state index in [4.69, 9.17) is 4.74 Å². The van der Waals surface area contributed by atoms with Crippen molar-refractivity contribution in [3.63, 3.8) is 0 Å². The van der Waals surface area contributed by atoms with Crippen LogP contribution in [0.3, 0.4) is 0 Å². The lowest BCUT2D eigenvalue weighted by molar-refractivity contribution is -0.138. The smallest absolute Gasteiger partial charge is 0.421 e. The predicted molar refractivity (Wildman–Crippen MR) is 268 cm³/mol. The van der Waals surface area contributed by atoms with Gasteiger partial charge in [0.1, 0.15) is 30.3 Å². The molecule has 0 spiro atoms. The molecule has 0 aliphatic carbocycles. The molecule has 3 fully saturated rings. The number of para-hydroxylation sites is 1. The molecule has 16 nitrogen and oxygen atoms in total. The van der Waals surface area contributed by atoms with Crippen molar-refractivity contribution < 1.29 is 54.8 Å². The largest absolute Gasteiger partial charge is 0.494 e. The van der Waals surface area contributed by atoms with Crippen LogP contribution in [-0.4, -0.2) is 133 Å². The van der Waals surface area contributed by atoms with Gasteiger partial charge in [-0.05, 0) is 81.5 Å². The fraction of sp³-hybridized carbons (Fsp3) is 0.412. The normalized spacial score (nSPS) is 18.2. The van der Waals surface area contributed by atoms with Crippen molar-refractivity contribution in [1.82, 2.24) is 30.0 Å². The van der Waals surface area contributed by atoms with Gasteiger partial charge in [-0.1, -0.05) is 30.0 Å². The summed E-state index contributed by atoms with van der Waals surface area (Å²) in [6.45, 7) is 8.54. The van der Waals surface area contributed by atoms with E-state index in [1.807, 2.05) is 11.0 Å². The lowest BCUT2D eigenvalue weighted by atomic mass is 10.0. The van der Waals surface area contributed by atoms with Crippen LogP contribution in [0.1, 0.15) is 65.6 Å². The molecule has 0 radical (unpaired) electrons. The Kier molecular flexibility index (Phi) is 16.0. The Morgan fingerprint density at radius 3 is 2.35 bits per heavy atom. The number of unbranched alkanes of at least 4 members (excludes halogenated alkanes) is 1. The van der Waals surface area contributed by atoms with Gasteiger partial charge in [0.05, 0.1) is 29.9 Å². The quantitative estimate of drug-likeness (QED) is 0.0244. The van der Waals surface area contributed by atoms with Crippen molar-refractivity contribution >= 4 is 70.6 Å². The Morgan fingerprint density at radius 2 is 1.66 bits per heavy atom. The first kappa shape index (κ1) is 53.3. The summed E-state index contributed by atoms with van der Waals surface area (Å²) in [4.78, 5) is 66.7. The molecule has 3 saturated heterocycles. The van der Waals surface area contributed by atoms with Crippen LogP contribution in [0.15, 0.2) is 72.9 Å². The molecule has 4 aromatic rings. The second-order valence-corrected chi connectivity index (χ2v) is 21.9. The van der Waals surface area contributed by atoms with Crippen LogP contribution in [0.2, 0.25) is 0 Å². The Morgan fingerprint density at radius 1 is 0.919 bits per heavy atom. The number of alkyl halides is 6. The van der Waals surface area contributed by atoms with Crippen molar-refractivity contribution in [3.05, 3.63) is 95.2 Å². The third kappa shape index (κ3) is 12.9. The number of hydrogen-bond donors (Lipinski definition) is 4. The van der Waals surface area contributed by atoms with Gasteiger partial charge in [0, 0.05) is 106 Å². The Bertz CT molecular complexity index is 2940. The summed E-state index contributed by atoms with van der Waals surface area (Å²) < 4.78 is 101. The number of carbonyl (C=O) groups is 4. The number of nitrogens with zero attached hydrogens (tertiary/aromatic N) is 6. The van der Waals surface area contributed by atoms with Crippen molar-refractivity contribution in [2.24, 2.45) is 0 Å². The second kappa shape index (κ2) is 22.3. The van der Waals surface area contributed by atoms with Crippen LogP contribution in [0.4, 0.5) is 60.9 Å². The number of fused-ring (bicyclic) bond motifs is 1. The van der Waals surface area contributed by atoms with Gasteiger partial charge in [0.25, 0.3) is 5.91 Å². The molecule has 4 N–H and O–H groups in total. The second-order valence-electron chi connectivity index (χ2n) is 18.7. The van der Waals surface area contributed by atoms with Crippen molar-refractivity contribution in [2.45, 2.75) is 69.5 Å². The lowest BCUT2D eigenvalue weighted by Gasteiger charge is -2.43. The van der Waals surface area contributed by atoms with Crippen LogP contribution in [0.5, 0.6) is 5.75 Å². The molecule has 3 aromatic carbocycles. The molecule has 8 rings (SSSR count). The summed E-state index contributed by atoms with van der Waals surface area (Å²) in [5.41, 5.74) is 1.64. The molecular formula is C51H55F6N10O6P. The molecular weight excluding hydrogens is 994 g/mol. The summed E-state index contributed by atoms with van der Waals surface area (Å²) in [5.74, 6) is 3.61. The zero-order chi connectivity index (χ0) is 53.0. The van der Waals surface area contributed by atoms with Gasteiger partial charge in [-0.3, -0.25) is 29.4 Å². The molecule has 1 atom stereocenters. The van der Waals surface area contributed by atoms with Gasteiger partial charge in [-0.15, -0.1) is 0 Å². The Hall–Kier alpha value is -6.95. The van der Waals surface area contributed by atoms with E-state index in [0.717, 1.165) is 63.1 Å². The number of rotatable bonds is 14. The number of nitrogens with one attached hydrogen (secondary N) is 4. The number of imide groups is 1. The summed E-state index contributed by atoms with van der Waals surface area (Å²) in [5, 5.41) is 10.7. The minimum atomic E-state index is -4.89. The average Bonchev–Trinajstić information content (AvgIpc) is 3.69. The molecule has 1 aromatic heterocycles. The van der Waals surface area contributed by atoms with Gasteiger partial charge >= 0.3 is 12.4 Å². The number of amides is 4. The van der Waals surface area contributed by atoms with Gasteiger partial charge in [0.15, 0.2) is 0 Å². The number of benzene rings is 3. The fourth-order valence-electron chi connectivity index (χ4n) is 9.66. The number of piperidine rings is 2. The maximum atomic E-state index is 14.3. The highest BCUT2D eigenvalue weighted by molar-refractivity contribution is 7.70. The van der Waals surface area contributed by atoms with E-state index >= 15 is 0 Å². The third-order valence-corrected chi connectivity index (χ3v) is 14.9. The Labute approximate surface area is 423 Å². The molecule has 0 saturated carbocycles. The fourth-order valence-corrected chi connectivity index (χ4v) is 10.8. The summed E-state index contributed by atoms with van der Waals surface area (Å²) >= 11 is 0. The molecule has 4 aliphatic heterocycles. The Balaban J connectivity index is 0.893. The zero-order valence-electron chi connectivity index (χ0n) is 40.8. The molecule has 0 bridgehead atoms. The number of methoxy groups -OCH3 is 1. The maximum Gasteiger partial charge on any atom is 0.421 e. The highest BCUT2D eigenvalue weighted by Gasteiger charge is 2.40. The SMILES string of the molecule is COc1cc(N2CCC(N3CCN(CCCC#Cc4cccc5c4CN(C4CCC(=O)NC4=O)C5=O)CC3)CC2)c(NC(=O)/C=C/C(F)(F)F)cc1Nc1ncc(C(F)(F)F)c(Nc2ccccc2P(C)(C)=O)n1. The average molecular weight is 1050 g/mol. The van der Waals surface area contributed by atoms with E-state index in [0.29, 0.717) is 48.3 Å². The minimum absolute atomic E-state index is 0.0843. The van der Waals surface area contributed by atoms with E-state index in [-0.39, 0.29) is 72.1 Å². The molecule has 23 heteroatoms. The van der Waals surface area contributed by atoms with Gasteiger partial charge < -0.3 is 40.0 Å². The van der Waals surface area contributed by atoms with Crippen LogP contribution < -0.4 is 36.2 Å². The number of hydrogen-bond acceptors (Lipinski definition) is 13. The van der Waals surface area contributed by atoms with Crippen LogP contribution in [-0.2, 0) is 31.7 Å². The minimum Gasteiger partial charge on any atom is -0.494 e. The van der Waals surface area contributed by atoms with Crippen LogP contribution >= 0.6 is 7.14 Å². The van der Waals surface area contributed by atoms with Crippen LogP contribution in [0, 0.1) is 11.8 Å². The predicted octanol–water partition coefficient (Wildman–Crippen LogP) is 7.48. The first-order valence-electron chi connectivity index (χ1n) is 24.0. The van der Waals surface area contributed by atoms with Gasteiger partial charge in [-0.25, -0.2) is 4.98 Å². The third-order valence-electron chi connectivity index (χ3n) is 13.4. The van der Waals surface area contributed by atoms with Crippen LogP contribution in [0.25, 0.3) is 0 Å². The number of carbonyl (C=O) groups excluding carboxylic acids is 4. The van der Waals surface area contributed by atoms with Gasteiger partial charge in [0.2, 0.25) is 23.7 Å². The summed E-state index contributed by atoms with van der Waals surface area (Å²) in [7, 11) is -1.60. The summed E-state index contributed by atoms with van der Waals surface area (Å²) in [6.07, 6.45) is -5.45. The zero-order valence-corrected chi connectivity index (χ0v) is 41.7. The van der Waals surface area contributed by atoms with E-state index in [1.54, 1.807) is 36.4 Å². The van der Waals surface area contributed by atoms with Crippen molar-refractivity contribution in [2.75, 3.05) is 87.1 Å². The van der Waals surface area contributed by atoms with Crippen molar-refractivity contribution in [3.8, 4) is 17.6 Å². The number of ether oxygens (including phenoxy) is 1. The van der Waals surface area contributed by atoms with Gasteiger partial charge in [-0.2, -0.15) is 31.3 Å². The molecule has 1 unspecified atom stereocenters. The van der Waals surface area contributed by atoms with E-state index in [2.05, 4.69) is 52.9 Å². The molecule has 392 valence electrons. The topological polar surface area (TPSA) is 181 Å².